The van der Waals surface area contributed by atoms with Crippen LogP contribution in [0, 0.1) is 12.7 Å². The first-order chi connectivity index (χ1) is 14.2. The topological polar surface area (TPSA) is 72.6 Å². The highest BCUT2D eigenvalue weighted by Crippen LogP contribution is 2.36. The number of ether oxygens (including phenoxy) is 1. The van der Waals surface area contributed by atoms with Crippen LogP contribution in [-0.4, -0.2) is 38.7 Å². The van der Waals surface area contributed by atoms with Crippen molar-refractivity contribution in [2.24, 2.45) is 0 Å². The van der Waals surface area contributed by atoms with Crippen molar-refractivity contribution in [3.05, 3.63) is 59.9 Å². The van der Waals surface area contributed by atoms with Crippen LogP contribution in [0.25, 0.3) is 11.5 Å². The first kappa shape index (κ1) is 20.6. The summed E-state index contributed by atoms with van der Waals surface area (Å²) in [5.41, 5.74) is 1.45. The summed E-state index contributed by atoms with van der Waals surface area (Å²) in [4.78, 5) is 6.33. The van der Waals surface area contributed by atoms with Crippen molar-refractivity contribution in [2.45, 2.75) is 42.9 Å². The number of nitrogens with zero attached hydrogens (tertiary/aromatic N) is 2. The lowest BCUT2D eigenvalue weighted by Gasteiger charge is -2.35. The third-order valence-electron chi connectivity index (χ3n) is 4.96. The molecule has 1 aliphatic heterocycles. The number of halogens is 1. The minimum Gasteiger partial charge on any atom is -0.419 e. The Kier molecular flexibility index (Phi) is 5.38. The van der Waals surface area contributed by atoms with Crippen LogP contribution in [0.15, 0.2) is 62.9 Å². The smallest absolute Gasteiger partial charge is 0.236 e. The Morgan fingerprint density at radius 1 is 1.00 bits per heavy atom. The quantitative estimate of drug-likeness (QED) is 0.617. The average molecular weight is 431 g/mol. The van der Waals surface area contributed by atoms with Gasteiger partial charge < -0.3 is 14.1 Å². The fourth-order valence-electron chi connectivity index (χ4n) is 3.56. The number of hydrogen-bond acceptors (Lipinski definition) is 6. The van der Waals surface area contributed by atoms with Gasteiger partial charge in [-0.2, -0.15) is 4.98 Å². The van der Waals surface area contributed by atoms with Gasteiger partial charge in [0.05, 0.1) is 17.1 Å². The van der Waals surface area contributed by atoms with Gasteiger partial charge in [0.15, 0.2) is 0 Å². The molecule has 2 unspecified atom stereocenters. The number of sulfone groups is 1. The van der Waals surface area contributed by atoms with Gasteiger partial charge in [0, 0.05) is 18.7 Å². The maximum Gasteiger partial charge on any atom is 0.236 e. The minimum atomic E-state index is -3.93. The van der Waals surface area contributed by atoms with Gasteiger partial charge in [-0.3, -0.25) is 0 Å². The van der Waals surface area contributed by atoms with Crippen LogP contribution < -0.4 is 4.90 Å². The number of rotatable bonds is 4. The molecule has 3 aromatic rings. The largest absolute Gasteiger partial charge is 0.419 e. The van der Waals surface area contributed by atoms with Gasteiger partial charge in [-0.05, 0) is 57.2 Å². The summed E-state index contributed by atoms with van der Waals surface area (Å²) in [7, 11) is -3.93. The first-order valence-corrected chi connectivity index (χ1v) is 11.2. The Morgan fingerprint density at radius 3 is 2.20 bits per heavy atom. The van der Waals surface area contributed by atoms with Crippen LogP contribution in [0.1, 0.15) is 19.4 Å². The number of anilines is 1. The zero-order chi connectivity index (χ0) is 21.5. The SMILES string of the molecule is Cc1ccc(S(=O)(=O)c2nc(-c3ccc(F)cc3)oc2N2CC(C)OC(C)C2)cc1. The normalized spacial score (nSPS) is 19.8. The van der Waals surface area contributed by atoms with Crippen LogP contribution in [-0.2, 0) is 14.6 Å². The zero-order valence-corrected chi connectivity index (χ0v) is 17.8. The molecule has 0 aliphatic carbocycles. The van der Waals surface area contributed by atoms with Crippen molar-refractivity contribution in [3.63, 3.8) is 0 Å². The van der Waals surface area contributed by atoms with Crippen molar-refractivity contribution in [2.75, 3.05) is 18.0 Å². The Morgan fingerprint density at radius 2 is 1.60 bits per heavy atom. The highest BCUT2D eigenvalue weighted by molar-refractivity contribution is 7.91. The molecule has 0 spiro atoms. The van der Waals surface area contributed by atoms with E-state index in [0.717, 1.165) is 5.56 Å². The molecule has 1 fully saturated rings. The maximum atomic E-state index is 13.4. The highest BCUT2D eigenvalue weighted by atomic mass is 32.2. The van der Waals surface area contributed by atoms with Gasteiger partial charge in [-0.15, -0.1) is 0 Å². The van der Waals surface area contributed by atoms with E-state index in [2.05, 4.69) is 4.98 Å². The molecule has 30 heavy (non-hydrogen) atoms. The van der Waals surface area contributed by atoms with E-state index in [1.807, 2.05) is 25.7 Å². The van der Waals surface area contributed by atoms with E-state index in [0.29, 0.717) is 18.7 Å². The number of morpholine rings is 1. The lowest BCUT2D eigenvalue weighted by molar-refractivity contribution is -0.00657. The van der Waals surface area contributed by atoms with Gasteiger partial charge >= 0.3 is 0 Å². The van der Waals surface area contributed by atoms with E-state index in [-0.39, 0.29) is 33.9 Å². The molecule has 0 saturated carbocycles. The van der Waals surface area contributed by atoms with E-state index in [1.165, 1.54) is 24.3 Å². The summed E-state index contributed by atoms with van der Waals surface area (Å²) in [6.07, 6.45) is -0.189. The fourth-order valence-corrected chi connectivity index (χ4v) is 4.88. The van der Waals surface area contributed by atoms with Gasteiger partial charge in [-0.1, -0.05) is 17.7 Å². The molecule has 6 nitrogen and oxygen atoms in total. The molecule has 0 bridgehead atoms. The van der Waals surface area contributed by atoms with Crippen LogP contribution in [0.4, 0.5) is 10.3 Å². The Balaban J connectivity index is 1.85. The molecule has 2 heterocycles. The van der Waals surface area contributed by atoms with Gasteiger partial charge in [0.25, 0.3) is 0 Å². The van der Waals surface area contributed by atoms with Crippen molar-refractivity contribution >= 4 is 15.7 Å². The van der Waals surface area contributed by atoms with Crippen LogP contribution in [0.5, 0.6) is 0 Å². The molecule has 4 rings (SSSR count). The summed E-state index contributed by atoms with van der Waals surface area (Å²) in [6, 6.07) is 12.2. The number of aromatic nitrogens is 1. The number of aryl methyl sites for hydroxylation is 1. The predicted octanol–water partition coefficient (Wildman–Crippen LogP) is 4.24. The van der Waals surface area contributed by atoms with E-state index in [4.69, 9.17) is 9.15 Å². The third kappa shape index (κ3) is 3.97. The molecule has 158 valence electrons. The van der Waals surface area contributed by atoms with Crippen LogP contribution >= 0.6 is 0 Å². The third-order valence-corrected chi connectivity index (χ3v) is 6.63. The molecule has 8 heteroatoms. The Labute approximate surface area is 175 Å². The van der Waals surface area contributed by atoms with Crippen molar-refractivity contribution in [1.29, 1.82) is 0 Å². The molecule has 0 radical (unpaired) electrons. The van der Waals surface area contributed by atoms with Crippen molar-refractivity contribution < 1.29 is 22.0 Å². The van der Waals surface area contributed by atoms with Crippen molar-refractivity contribution in [3.8, 4) is 11.5 Å². The Hall–Kier alpha value is -2.71. The monoisotopic (exact) mass is 430 g/mol. The molecule has 1 saturated heterocycles. The zero-order valence-electron chi connectivity index (χ0n) is 17.0. The second-order valence-electron chi connectivity index (χ2n) is 7.62. The maximum absolute atomic E-state index is 13.4. The summed E-state index contributed by atoms with van der Waals surface area (Å²) >= 11 is 0. The van der Waals surface area contributed by atoms with Crippen molar-refractivity contribution in [1.82, 2.24) is 4.98 Å². The second kappa shape index (κ2) is 7.85. The molecular formula is C22H23FN2O4S. The van der Waals surface area contributed by atoms with Crippen LogP contribution in [0.2, 0.25) is 0 Å². The molecule has 2 atom stereocenters. The Bertz CT molecular complexity index is 1130. The van der Waals surface area contributed by atoms with E-state index in [1.54, 1.807) is 24.3 Å². The van der Waals surface area contributed by atoms with Gasteiger partial charge in [-0.25, -0.2) is 12.8 Å². The summed E-state index contributed by atoms with van der Waals surface area (Å²) in [5, 5.41) is -0.146. The number of oxazole rings is 1. The molecule has 2 aromatic carbocycles. The standard InChI is InChI=1S/C22H23FN2O4S/c1-14-4-10-19(11-5-14)30(26,27)21-22(25-12-15(2)28-16(3)13-25)29-20(24-21)17-6-8-18(23)9-7-17/h4-11,15-16H,12-13H2,1-3H3. The second-order valence-corrected chi connectivity index (χ2v) is 9.48. The summed E-state index contributed by atoms with van der Waals surface area (Å²) < 4.78 is 51.9. The van der Waals surface area contributed by atoms with Crippen LogP contribution in [0.3, 0.4) is 0 Å². The van der Waals surface area contributed by atoms with Gasteiger partial charge in [0.1, 0.15) is 5.82 Å². The number of benzene rings is 2. The lowest BCUT2D eigenvalue weighted by Crippen LogP contribution is -2.45. The molecule has 0 N–H and O–H groups in total. The first-order valence-electron chi connectivity index (χ1n) is 9.73. The fraction of sp³-hybridized carbons (Fsp3) is 0.318. The lowest BCUT2D eigenvalue weighted by atomic mass is 10.2. The van der Waals surface area contributed by atoms with E-state index < -0.39 is 15.7 Å². The average Bonchev–Trinajstić information content (AvgIpc) is 3.14. The van der Waals surface area contributed by atoms with E-state index >= 15 is 0 Å². The van der Waals surface area contributed by atoms with Gasteiger partial charge in [0.2, 0.25) is 26.6 Å². The van der Waals surface area contributed by atoms with E-state index in [9.17, 15) is 12.8 Å². The minimum absolute atomic E-state index is 0.0944. The molecule has 1 aliphatic rings. The molecule has 0 amide bonds. The molecular weight excluding hydrogens is 407 g/mol. The number of hydrogen-bond donors (Lipinski definition) is 0. The summed E-state index contributed by atoms with van der Waals surface area (Å²) in [5.74, 6) is -0.0896. The predicted molar refractivity (Wildman–Crippen MR) is 111 cm³/mol. The molecule has 1 aromatic heterocycles. The summed E-state index contributed by atoms with van der Waals surface area (Å²) in [6.45, 7) is 6.68. The highest BCUT2D eigenvalue weighted by Gasteiger charge is 2.34.